The number of methoxy groups -OCH3 is 1. The fourth-order valence-electron chi connectivity index (χ4n) is 8.02. The number of aromatic nitrogens is 5. The molecule has 0 aliphatic carbocycles. The van der Waals surface area contributed by atoms with Gasteiger partial charge in [0.25, 0.3) is 17.7 Å². The number of alkyl halides is 1. The highest BCUT2D eigenvalue weighted by molar-refractivity contribution is 6.23. The minimum Gasteiger partial charge on any atom is -0.494 e. The van der Waals surface area contributed by atoms with Gasteiger partial charge in [0.1, 0.15) is 17.4 Å². The maximum absolute atomic E-state index is 16.0. The molecule has 276 valence electrons. The number of amides is 5. The third-order valence-electron chi connectivity index (χ3n) is 10.8. The Balaban J connectivity index is 0.809. The number of imide groups is 2. The van der Waals surface area contributed by atoms with E-state index >= 15 is 4.39 Å². The zero-order chi connectivity index (χ0) is 37.3. The number of carbonyl (C=O) groups excluding carboxylic acids is 5. The molecule has 4 aliphatic rings. The van der Waals surface area contributed by atoms with E-state index < -0.39 is 35.3 Å². The first-order valence-electron chi connectivity index (χ1n) is 17.8. The van der Waals surface area contributed by atoms with Crippen molar-refractivity contribution in [1.82, 2.24) is 39.5 Å². The Bertz CT molecular complexity index is 2390. The summed E-state index contributed by atoms with van der Waals surface area (Å²) in [7, 11) is 1.53. The first-order valence-corrected chi connectivity index (χ1v) is 17.8. The van der Waals surface area contributed by atoms with Crippen LogP contribution >= 0.6 is 0 Å². The van der Waals surface area contributed by atoms with Crippen molar-refractivity contribution in [2.24, 2.45) is 0 Å². The van der Waals surface area contributed by atoms with Crippen LogP contribution in [0, 0.1) is 0 Å². The van der Waals surface area contributed by atoms with Crippen LogP contribution in [0.1, 0.15) is 62.8 Å². The Morgan fingerprint density at radius 2 is 1.85 bits per heavy atom. The highest BCUT2D eigenvalue weighted by atomic mass is 19.1. The number of benzene rings is 2. The summed E-state index contributed by atoms with van der Waals surface area (Å²) in [5.41, 5.74) is 1.55. The lowest BCUT2D eigenvalue weighted by molar-refractivity contribution is -0.136. The number of piperidine rings is 2. The molecule has 16 nitrogen and oxygen atoms in total. The number of likely N-dealkylation sites (tertiary alicyclic amines) is 1. The van der Waals surface area contributed by atoms with Gasteiger partial charge in [-0.1, -0.05) is 0 Å². The van der Waals surface area contributed by atoms with Crippen molar-refractivity contribution in [3.8, 4) is 5.75 Å². The Labute approximate surface area is 306 Å². The lowest BCUT2D eigenvalue weighted by Gasteiger charge is -2.48. The van der Waals surface area contributed by atoms with Crippen molar-refractivity contribution in [2.75, 3.05) is 50.1 Å². The number of hydrogen-bond donors (Lipinski definition) is 2. The van der Waals surface area contributed by atoms with Crippen molar-refractivity contribution in [3.63, 3.8) is 0 Å². The van der Waals surface area contributed by atoms with E-state index in [1.807, 2.05) is 21.8 Å². The third kappa shape index (κ3) is 5.71. The maximum atomic E-state index is 16.0. The molecule has 54 heavy (non-hydrogen) atoms. The molecule has 4 aliphatic heterocycles. The van der Waals surface area contributed by atoms with E-state index in [1.165, 1.54) is 17.8 Å². The van der Waals surface area contributed by atoms with Crippen LogP contribution in [0.5, 0.6) is 5.75 Å². The summed E-state index contributed by atoms with van der Waals surface area (Å²) in [6.45, 7) is 1.94. The van der Waals surface area contributed by atoms with Gasteiger partial charge in [-0.3, -0.25) is 43.8 Å². The summed E-state index contributed by atoms with van der Waals surface area (Å²) in [6, 6.07) is 9.27. The van der Waals surface area contributed by atoms with Crippen LogP contribution in [0.15, 0.2) is 61.2 Å². The summed E-state index contributed by atoms with van der Waals surface area (Å²) < 4.78 is 25.1. The molecule has 7 heterocycles. The fourth-order valence-corrected chi connectivity index (χ4v) is 8.02. The molecule has 5 amide bonds. The van der Waals surface area contributed by atoms with Crippen LogP contribution in [0.2, 0.25) is 0 Å². The highest BCUT2D eigenvalue weighted by Gasteiger charge is 2.48. The monoisotopic (exact) mass is 734 g/mol. The van der Waals surface area contributed by atoms with E-state index in [2.05, 4.69) is 25.6 Å². The smallest absolute Gasteiger partial charge is 0.262 e. The molecule has 9 rings (SSSR count). The van der Waals surface area contributed by atoms with Gasteiger partial charge in [-0.05, 0) is 49.6 Å². The van der Waals surface area contributed by atoms with Crippen molar-refractivity contribution in [3.05, 3.63) is 77.9 Å². The first-order chi connectivity index (χ1) is 26.1. The molecule has 1 atom stereocenters. The van der Waals surface area contributed by atoms with E-state index in [1.54, 1.807) is 42.7 Å². The second kappa shape index (κ2) is 12.7. The fraction of sp³-hybridized carbons (Fsp3) is 0.351. The van der Waals surface area contributed by atoms with Crippen LogP contribution in [0.3, 0.4) is 0 Å². The van der Waals surface area contributed by atoms with E-state index in [9.17, 15) is 24.0 Å². The predicted octanol–water partition coefficient (Wildman–Crippen LogP) is 2.61. The normalized spacial score (nSPS) is 20.4. The largest absolute Gasteiger partial charge is 0.494 e. The first kappa shape index (κ1) is 33.6. The third-order valence-corrected chi connectivity index (χ3v) is 10.8. The number of carbonyl (C=O) groups is 5. The van der Waals surface area contributed by atoms with E-state index in [4.69, 9.17) is 9.84 Å². The van der Waals surface area contributed by atoms with Crippen LogP contribution in [-0.2, 0) is 9.59 Å². The van der Waals surface area contributed by atoms with Crippen molar-refractivity contribution < 1.29 is 33.1 Å². The van der Waals surface area contributed by atoms with Gasteiger partial charge in [-0.25, -0.2) is 13.9 Å². The molecule has 2 N–H and O–H groups in total. The minimum absolute atomic E-state index is 0.0448. The van der Waals surface area contributed by atoms with Crippen molar-refractivity contribution >= 4 is 57.5 Å². The number of hydrogen-bond acceptors (Lipinski definition) is 11. The molecule has 0 radical (unpaired) electrons. The van der Waals surface area contributed by atoms with Gasteiger partial charge < -0.3 is 15.0 Å². The van der Waals surface area contributed by atoms with Gasteiger partial charge in [0.15, 0.2) is 11.3 Å². The second-order valence-corrected chi connectivity index (χ2v) is 14.3. The van der Waals surface area contributed by atoms with Gasteiger partial charge in [0, 0.05) is 61.8 Å². The summed E-state index contributed by atoms with van der Waals surface area (Å²) in [5.74, 6) is -2.15. The van der Waals surface area contributed by atoms with E-state index in [-0.39, 0.29) is 55.6 Å². The van der Waals surface area contributed by atoms with Crippen LogP contribution in [-0.4, -0.2) is 115 Å². The summed E-state index contributed by atoms with van der Waals surface area (Å²) >= 11 is 0. The van der Waals surface area contributed by atoms with Crippen LogP contribution in [0.4, 0.5) is 15.8 Å². The SMILES string of the molecule is COc1cc2nn(C3CCN(CC4(F)CN(c5ccc6c(c5)C(=O)N(C5CCC(=O)NC5=O)C6=O)C4)CC3)cc2cc1NC(=O)c1cnn2cccnc12. The van der Waals surface area contributed by atoms with Crippen LogP contribution < -0.4 is 20.3 Å². The van der Waals surface area contributed by atoms with Crippen molar-refractivity contribution in [2.45, 2.75) is 43.4 Å². The lowest BCUT2D eigenvalue weighted by atomic mass is 9.92. The summed E-state index contributed by atoms with van der Waals surface area (Å²) in [6.07, 6.45) is 8.44. The van der Waals surface area contributed by atoms with Gasteiger partial charge in [-0.2, -0.15) is 10.2 Å². The number of anilines is 2. The highest BCUT2D eigenvalue weighted by Crippen LogP contribution is 2.37. The number of nitrogens with zero attached hydrogens (tertiary/aromatic N) is 8. The number of rotatable bonds is 8. The predicted molar refractivity (Wildman–Crippen MR) is 191 cm³/mol. The second-order valence-electron chi connectivity index (χ2n) is 14.3. The van der Waals surface area contributed by atoms with Gasteiger partial charge >= 0.3 is 0 Å². The molecule has 3 saturated heterocycles. The number of fused-ring (bicyclic) bond motifs is 3. The molecule has 17 heteroatoms. The molecule has 3 fully saturated rings. The quantitative estimate of drug-likeness (QED) is 0.224. The Morgan fingerprint density at radius 1 is 1.06 bits per heavy atom. The maximum Gasteiger partial charge on any atom is 0.262 e. The number of nitrogens with one attached hydrogen (secondary N) is 2. The zero-order valence-electron chi connectivity index (χ0n) is 29.2. The molecule has 3 aromatic heterocycles. The van der Waals surface area contributed by atoms with E-state index in [0.717, 1.165) is 28.6 Å². The number of halogens is 1. The zero-order valence-corrected chi connectivity index (χ0v) is 29.2. The standard InChI is InChI=1S/C37H35FN10O6/c1-54-30-15-27-21(13-28(30)41-33(50)26-16-40-46-10-2-9-39-32(26)46)17-47(43-27)22-7-11-44(12-8-22)18-37(38)19-45(20-37)23-3-4-24-25(14-23)36(53)48(35(24)52)29-5-6-31(49)42-34(29)51/h2-4,9-10,13-17,22,29H,5-8,11-12,18-20H2,1H3,(H,41,50)(H,42,49,51). The summed E-state index contributed by atoms with van der Waals surface area (Å²) in [4.78, 5) is 72.6. The average Bonchev–Trinajstić information content (AvgIpc) is 3.84. The number of ether oxygens (including phenoxy) is 1. The van der Waals surface area contributed by atoms with Crippen LogP contribution in [0.25, 0.3) is 16.6 Å². The van der Waals surface area contributed by atoms with Gasteiger partial charge in [-0.15, -0.1) is 0 Å². The molecule has 2 aromatic carbocycles. The molecule has 0 saturated carbocycles. The molecular formula is C37H35FN10O6. The Morgan fingerprint density at radius 3 is 2.63 bits per heavy atom. The average molecular weight is 735 g/mol. The minimum atomic E-state index is -1.44. The Kier molecular flexibility index (Phi) is 7.91. The van der Waals surface area contributed by atoms with Gasteiger partial charge in [0.05, 0.1) is 54.8 Å². The summed E-state index contributed by atoms with van der Waals surface area (Å²) in [5, 5.41) is 15.0. The van der Waals surface area contributed by atoms with E-state index in [0.29, 0.717) is 41.4 Å². The molecular weight excluding hydrogens is 699 g/mol. The molecule has 5 aromatic rings. The molecule has 0 spiro atoms. The molecule has 0 bridgehead atoms. The van der Waals surface area contributed by atoms with Crippen molar-refractivity contribution in [1.29, 1.82) is 0 Å². The lowest BCUT2D eigenvalue weighted by Crippen LogP contribution is -2.64. The van der Waals surface area contributed by atoms with Gasteiger partial charge in [0.2, 0.25) is 11.8 Å². The Hall–Kier alpha value is -6.23. The topological polar surface area (TPSA) is 176 Å². The molecule has 1 unspecified atom stereocenters.